The molecular weight excluding hydrogens is 849 g/mol. The Morgan fingerprint density at radius 2 is 1.12 bits per heavy atom. The van der Waals surface area contributed by atoms with Crippen LogP contribution in [0.5, 0.6) is 0 Å². The van der Waals surface area contributed by atoms with Crippen molar-refractivity contribution in [2.24, 2.45) is 0 Å². The molecule has 7 aromatic rings. The minimum atomic E-state index is -0.693. The maximum Gasteiger partial charge on any atom is 0.411 e. The number of carbonyl (C=O) groups is 3. The van der Waals surface area contributed by atoms with Crippen LogP contribution in [-0.2, 0) is 56.3 Å². The first-order valence-corrected chi connectivity index (χ1v) is 22.7. The lowest BCUT2D eigenvalue weighted by molar-refractivity contribution is -0.142. The van der Waals surface area contributed by atoms with Crippen molar-refractivity contribution < 1.29 is 28.6 Å². The lowest BCUT2D eigenvalue weighted by Gasteiger charge is -2.28. The number of hydrogen-bond acceptors (Lipinski definition) is 13. The van der Waals surface area contributed by atoms with Gasteiger partial charge in [-0.3, -0.25) is 23.6 Å². The Hall–Kier alpha value is -6.49. The summed E-state index contributed by atoms with van der Waals surface area (Å²) in [6.45, 7) is 9.19. The summed E-state index contributed by atoms with van der Waals surface area (Å²) in [7, 11) is 2.75. The van der Waals surface area contributed by atoms with E-state index in [-0.39, 0.29) is 38.0 Å². The number of aryl methyl sites for hydroxylation is 4. The lowest BCUT2D eigenvalue weighted by atomic mass is 10.0. The summed E-state index contributed by atoms with van der Waals surface area (Å²) in [6.07, 6.45) is 1.27. The molecule has 2 aliphatic rings. The van der Waals surface area contributed by atoms with Gasteiger partial charge in [-0.1, -0.05) is 91.0 Å². The molecule has 64 heavy (non-hydrogen) atoms. The molecule has 0 spiro atoms. The normalized spacial score (nSPS) is 15.0. The lowest BCUT2D eigenvalue weighted by Crippen LogP contribution is -2.36. The number of amides is 1. The van der Waals surface area contributed by atoms with Crippen LogP contribution in [0.25, 0.3) is 10.0 Å². The van der Waals surface area contributed by atoms with Crippen molar-refractivity contribution >= 4 is 40.7 Å². The fraction of sp³-hybridized carbons (Fsp3) is 0.312. The molecule has 0 saturated carbocycles. The highest BCUT2D eigenvalue weighted by Crippen LogP contribution is 2.42. The third-order valence-electron chi connectivity index (χ3n) is 11.6. The Morgan fingerprint density at radius 3 is 1.69 bits per heavy atom. The van der Waals surface area contributed by atoms with E-state index in [1.807, 2.05) is 73.0 Å². The molecule has 6 heterocycles. The SMILES string of the molecule is COC(=O)C[C@@H]1NCc2c(sc(C)c2Cc2ccccc2)-n2c(C)nnc21.COC(=O)C[C@H]1c2nnc(C)n2-c2sc(C)c(Cc3ccccc3)c2CN1C(=O)OCc1ccccc1. The molecule has 0 bridgehead atoms. The van der Waals surface area contributed by atoms with Crippen molar-refractivity contribution in [1.29, 1.82) is 0 Å². The number of hydrogen-bond donors (Lipinski definition) is 1. The van der Waals surface area contributed by atoms with Crippen LogP contribution in [0.3, 0.4) is 0 Å². The Kier molecular flexibility index (Phi) is 13.4. The van der Waals surface area contributed by atoms with Gasteiger partial charge in [0.25, 0.3) is 0 Å². The van der Waals surface area contributed by atoms with E-state index in [1.165, 1.54) is 41.4 Å². The van der Waals surface area contributed by atoms with Gasteiger partial charge in [0.15, 0.2) is 11.6 Å². The first-order chi connectivity index (χ1) is 31.0. The van der Waals surface area contributed by atoms with E-state index >= 15 is 0 Å². The topological polar surface area (TPSA) is 156 Å². The number of methoxy groups -OCH3 is 2. The van der Waals surface area contributed by atoms with E-state index in [0.717, 1.165) is 56.1 Å². The summed E-state index contributed by atoms with van der Waals surface area (Å²) in [5.74, 6) is 2.11. The summed E-state index contributed by atoms with van der Waals surface area (Å²) in [6, 6.07) is 29.3. The molecule has 0 fully saturated rings. The van der Waals surface area contributed by atoms with Crippen LogP contribution in [0.15, 0.2) is 91.0 Å². The number of esters is 2. The first kappa shape index (κ1) is 44.1. The zero-order valence-electron chi connectivity index (χ0n) is 36.7. The molecule has 2 atom stereocenters. The maximum atomic E-state index is 13.6. The molecule has 2 aliphatic heterocycles. The van der Waals surface area contributed by atoms with Crippen molar-refractivity contribution in [2.45, 2.75) is 85.2 Å². The number of carbonyl (C=O) groups excluding carboxylic acids is 3. The Morgan fingerprint density at radius 1 is 0.641 bits per heavy atom. The second kappa shape index (κ2) is 19.5. The number of nitrogens with one attached hydrogen (secondary N) is 1. The number of ether oxygens (including phenoxy) is 3. The van der Waals surface area contributed by atoms with E-state index in [0.29, 0.717) is 18.2 Å². The largest absolute Gasteiger partial charge is 0.469 e. The predicted molar refractivity (Wildman–Crippen MR) is 244 cm³/mol. The van der Waals surface area contributed by atoms with E-state index in [4.69, 9.17) is 14.2 Å². The molecule has 3 aromatic carbocycles. The molecule has 0 aliphatic carbocycles. The van der Waals surface area contributed by atoms with Crippen LogP contribution < -0.4 is 5.32 Å². The van der Waals surface area contributed by atoms with E-state index in [1.54, 1.807) is 27.6 Å². The Balaban J connectivity index is 0.000000184. The van der Waals surface area contributed by atoms with E-state index < -0.39 is 18.1 Å². The van der Waals surface area contributed by atoms with Gasteiger partial charge < -0.3 is 19.5 Å². The van der Waals surface area contributed by atoms with Crippen LogP contribution >= 0.6 is 22.7 Å². The zero-order chi connectivity index (χ0) is 44.9. The van der Waals surface area contributed by atoms with Crippen molar-refractivity contribution in [3.8, 4) is 10.0 Å². The number of rotatable bonds is 10. The molecule has 4 aromatic heterocycles. The highest BCUT2D eigenvalue weighted by atomic mass is 32.1. The highest BCUT2D eigenvalue weighted by molar-refractivity contribution is 7.15. The summed E-state index contributed by atoms with van der Waals surface area (Å²) >= 11 is 3.41. The average molecular weight is 899 g/mol. The van der Waals surface area contributed by atoms with Crippen molar-refractivity contribution in [3.05, 3.63) is 163 Å². The van der Waals surface area contributed by atoms with Gasteiger partial charge in [-0.05, 0) is 68.4 Å². The molecule has 0 saturated heterocycles. The highest BCUT2D eigenvalue weighted by Gasteiger charge is 2.39. The summed E-state index contributed by atoms with van der Waals surface area (Å²) in [4.78, 5) is 42.0. The molecule has 14 nitrogen and oxygen atoms in total. The summed E-state index contributed by atoms with van der Waals surface area (Å²) in [5, 5.41) is 23.0. The molecule has 1 amide bonds. The van der Waals surface area contributed by atoms with Gasteiger partial charge in [0, 0.05) is 27.4 Å². The molecule has 330 valence electrons. The van der Waals surface area contributed by atoms with Gasteiger partial charge in [-0.2, -0.15) is 0 Å². The molecule has 16 heteroatoms. The fourth-order valence-electron chi connectivity index (χ4n) is 8.28. The molecule has 0 radical (unpaired) electrons. The number of thiophene rings is 2. The minimum absolute atomic E-state index is 0.0585. The monoisotopic (exact) mass is 898 g/mol. The first-order valence-electron chi connectivity index (χ1n) is 21.0. The standard InChI is InChI=1S/C28H28N4O4S.C20H22N4O2S/c1-18-22(14-20-10-6-4-7-11-20)23-16-31(28(34)36-17-21-12-8-5-9-13-21)24(15-25(33)35-3)26-30-29-19(2)32(26)27(23)37-18;1-12-15(9-14-7-5-4-6-8-14)16-11-21-17(10-18(25)26-3)19-23-22-13(2)24(19)20(16)27-12/h4-13,24H,14-17H2,1-3H3;4-8,17,21H,9-11H2,1-3H3/t24-;17-/m00/s1. The number of benzene rings is 3. The van der Waals surface area contributed by atoms with Crippen LogP contribution in [-0.4, -0.2) is 66.7 Å². The van der Waals surface area contributed by atoms with Gasteiger partial charge in [0.05, 0.1) is 39.6 Å². The van der Waals surface area contributed by atoms with E-state index in [9.17, 15) is 14.4 Å². The maximum absolute atomic E-state index is 13.6. The average Bonchev–Trinajstić information content (AvgIpc) is 4.01. The smallest absolute Gasteiger partial charge is 0.411 e. The van der Waals surface area contributed by atoms with Gasteiger partial charge >= 0.3 is 18.0 Å². The van der Waals surface area contributed by atoms with Crippen molar-refractivity contribution in [1.82, 2.24) is 39.7 Å². The van der Waals surface area contributed by atoms with Crippen LogP contribution in [0, 0.1) is 27.7 Å². The molecule has 0 unspecified atom stereocenters. The number of fused-ring (bicyclic) bond motifs is 6. The van der Waals surface area contributed by atoms with Gasteiger partial charge in [-0.15, -0.1) is 43.1 Å². The van der Waals surface area contributed by atoms with Gasteiger partial charge in [0.2, 0.25) is 0 Å². The molecular formula is C48H50N8O6S2. The van der Waals surface area contributed by atoms with Gasteiger partial charge in [0.1, 0.15) is 34.3 Å². The Labute approximate surface area is 379 Å². The summed E-state index contributed by atoms with van der Waals surface area (Å²) in [5.41, 5.74) is 8.12. The second-order valence-electron chi connectivity index (χ2n) is 15.7. The third kappa shape index (κ3) is 9.25. The van der Waals surface area contributed by atoms with Crippen molar-refractivity contribution in [3.63, 3.8) is 0 Å². The zero-order valence-corrected chi connectivity index (χ0v) is 38.3. The third-order valence-corrected chi connectivity index (χ3v) is 14.0. The molecule has 1 N–H and O–H groups in total. The number of aromatic nitrogens is 6. The Bertz CT molecular complexity index is 2760. The van der Waals surface area contributed by atoms with E-state index in [2.05, 4.69) is 80.5 Å². The number of nitrogens with zero attached hydrogens (tertiary/aromatic N) is 7. The fourth-order valence-corrected chi connectivity index (χ4v) is 10.8. The van der Waals surface area contributed by atoms with Gasteiger partial charge in [-0.25, -0.2) is 4.79 Å². The molecule has 9 rings (SSSR count). The predicted octanol–water partition coefficient (Wildman–Crippen LogP) is 8.54. The summed E-state index contributed by atoms with van der Waals surface area (Å²) < 4.78 is 19.7. The van der Waals surface area contributed by atoms with Crippen molar-refractivity contribution in [2.75, 3.05) is 14.2 Å². The minimum Gasteiger partial charge on any atom is -0.469 e. The second-order valence-corrected chi connectivity index (χ2v) is 18.1. The van der Waals surface area contributed by atoms with Crippen LogP contribution in [0.4, 0.5) is 4.79 Å². The van der Waals surface area contributed by atoms with Crippen LogP contribution in [0.2, 0.25) is 0 Å². The quantitative estimate of drug-likeness (QED) is 0.104. The van der Waals surface area contributed by atoms with Crippen LogP contribution in [0.1, 0.15) is 96.9 Å².